The zero-order valence-electron chi connectivity index (χ0n) is 12.2. The van der Waals surface area contributed by atoms with Gasteiger partial charge in [-0.3, -0.25) is 25.2 Å². The van der Waals surface area contributed by atoms with Gasteiger partial charge in [0.15, 0.2) is 11.2 Å². The van der Waals surface area contributed by atoms with Gasteiger partial charge >= 0.3 is 5.91 Å². The maximum Gasteiger partial charge on any atom is 0.305 e. The maximum atomic E-state index is 12.1. The van der Waals surface area contributed by atoms with Crippen molar-refractivity contribution in [2.45, 2.75) is 0 Å². The molecule has 0 aliphatic heterocycles. The van der Waals surface area contributed by atoms with E-state index in [0.29, 0.717) is 21.6 Å². The van der Waals surface area contributed by atoms with Crippen molar-refractivity contribution in [2.75, 3.05) is 0 Å². The van der Waals surface area contributed by atoms with Gasteiger partial charge in [-0.2, -0.15) is 0 Å². The van der Waals surface area contributed by atoms with Gasteiger partial charge in [-0.1, -0.05) is 23.7 Å². The Kier molecular flexibility index (Phi) is 4.31. The van der Waals surface area contributed by atoms with E-state index < -0.39 is 11.8 Å². The fourth-order valence-corrected chi connectivity index (χ4v) is 2.19. The van der Waals surface area contributed by atoms with Crippen LogP contribution in [0, 0.1) is 0 Å². The number of hydrogen-bond acceptors (Lipinski definition) is 4. The number of hydrogen-bond donors (Lipinski definition) is 2. The van der Waals surface area contributed by atoms with E-state index >= 15 is 0 Å². The Morgan fingerprint density at radius 3 is 2.33 bits per heavy atom. The molecule has 6 nitrogen and oxygen atoms in total. The van der Waals surface area contributed by atoms with Gasteiger partial charge in [-0.05, 0) is 36.4 Å². The summed E-state index contributed by atoms with van der Waals surface area (Å²) in [6.07, 6.45) is 0. The summed E-state index contributed by atoms with van der Waals surface area (Å²) in [6.45, 7) is 0. The molecule has 3 rings (SSSR count). The van der Waals surface area contributed by atoms with Crippen LogP contribution in [0.15, 0.2) is 63.8 Å². The second kappa shape index (κ2) is 6.55. The third-order valence-electron chi connectivity index (χ3n) is 3.25. The fourth-order valence-electron chi connectivity index (χ4n) is 2.06. The number of nitrogens with one attached hydrogen (secondary N) is 2. The van der Waals surface area contributed by atoms with Gasteiger partial charge in [0, 0.05) is 16.7 Å². The van der Waals surface area contributed by atoms with Crippen LogP contribution in [0.2, 0.25) is 5.02 Å². The normalized spacial score (nSPS) is 10.4. The van der Waals surface area contributed by atoms with E-state index in [2.05, 4.69) is 10.9 Å². The number of carbonyl (C=O) groups is 2. The van der Waals surface area contributed by atoms with Crippen LogP contribution in [0.3, 0.4) is 0 Å². The lowest BCUT2D eigenvalue weighted by atomic mass is 10.2. The van der Waals surface area contributed by atoms with E-state index in [-0.39, 0.29) is 11.2 Å². The van der Waals surface area contributed by atoms with Crippen molar-refractivity contribution in [3.8, 4) is 0 Å². The highest BCUT2D eigenvalue weighted by molar-refractivity contribution is 6.30. The summed E-state index contributed by atoms with van der Waals surface area (Å²) in [7, 11) is 0. The molecule has 0 unspecified atom stereocenters. The molecule has 24 heavy (non-hydrogen) atoms. The van der Waals surface area contributed by atoms with E-state index in [1.807, 2.05) is 0 Å². The second-order valence-electron chi connectivity index (χ2n) is 4.89. The van der Waals surface area contributed by atoms with Crippen molar-refractivity contribution in [3.05, 3.63) is 81.2 Å². The smallest absolute Gasteiger partial charge is 0.305 e. The van der Waals surface area contributed by atoms with Crippen molar-refractivity contribution in [1.82, 2.24) is 10.9 Å². The topological polar surface area (TPSA) is 88.4 Å². The number of hydrazine groups is 1. The fraction of sp³-hybridized carbons (Fsp3) is 0. The van der Waals surface area contributed by atoms with Gasteiger partial charge in [-0.15, -0.1) is 0 Å². The Morgan fingerprint density at radius 1 is 0.917 bits per heavy atom. The monoisotopic (exact) mass is 342 g/mol. The summed E-state index contributed by atoms with van der Waals surface area (Å²) in [5.41, 5.74) is 4.71. The lowest BCUT2D eigenvalue weighted by molar-refractivity contribution is 0.0831. The highest BCUT2D eigenvalue weighted by Crippen LogP contribution is 2.11. The molecule has 2 amide bonds. The number of para-hydroxylation sites is 1. The molecule has 0 fully saturated rings. The number of amides is 2. The first-order valence-corrected chi connectivity index (χ1v) is 7.31. The van der Waals surface area contributed by atoms with Gasteiger partial charge in [0.25, 0.3) is 5.91 Å². The summed E-state index contributed by atoms with van der Waals surface area (Å²) < 4.78 is 5.38. The molecule has 2 aromatic carbocycles. The molecular weight excluding hydrogens is 332 g/mol. The van der Waals surface area contributed by atoms with E-state index in [1.165, 1.54) is 12.1 Å². The molecule has 3 aromatic rings. The Labute approximate surface area is 141 Å². The zero-order chi connectivity index (χ0) is 17.1. The standard InChI is InChI=1S/C17H11ClN2O4/c18-11-7-5-10(6-8-11)16(22)19-20-17(23)15-9-13(21)12-3-1-2-4-14(12)24-15/h1-9H,(H,19,22)(H,20,23). The summed E-state index contributed by atoms with van der Waals surface area (Å²) in [6, 6.07) is 13.8. The number of halogens is 1. The SMILES string of the molecule is O=C(NNC(=O)c1cc(=O)c2ccccc2o1)c1ccc(Cl)cc1. The maximum absolute atomic E-state index is 12.1. The highest BCUT2D eigenvalue weighted by atomic mass is 35.5. The molecule has 1 aromatic heterocycles. The van der Waals surface area contributed by atoms with Crippen molar-refractivity contribution < 1.29 is 14.0 Å². The molecule has 0 saturated carbocycles. The van der Waals surface area contributed by atoms with Crippen LogP contribution >= 0.6 is 11.6 Å². The van der Waals surface area contributed by atoms with Crippen LogP contribution in [-0.4, -0.2) is 11.8 Å². The van der Waals surface area contributed by atoms with Gasteiger partial charge in [-0.25, -0.2) is 0 Å². The van der Waals surface area contributed by atoms with Crippen molar-refractivity contribution in [2.24, 2.45) is 0 Å². The van der Waals surface area contributed by atoms with Gasteiger partial charge in [0.2, 0.25) is 0 Å². The van der Waals surface area contributed by atoms with Crippen LogP contribution in [0.1, 0.15) is 20.9 Å². The average molecular weight is 343 g/mol. The first-order chi connectivity index (χ1) is 11.5. The molecule has 0 aliphatic rings. The number of fused-ring (bicyclic) bond motifs is 1. The summed E-state index contributed by atoms with van der Waals surface area (Å²) >= 11 is 5.74. The average Bonchev–Trinajstić information content (AvgIpc) is 2.60. The second-order valence-corrected chi connectivity index (χ2v) is 5.32. The van der Waals surface area contributed by atoms with Gasteiger partial charge in [0.05, 0.1) is 5.39 Å². The van der Waals surface area contributed by atoms with Gasteiger partial charge < -0.3 is 4.42 Å². The lowest BCUT2D eigenvalue weighted by Crippen LogP contribution is -2.41. The quantitative estimate of drug-likeness (QED) is 0.700. The number of rotatable bonds is 2. The molecule has 0 saturated heterocycles. The molecule has 0 radical (unpaired) electrons. The predicted octanol–water partition coefficient (Wildman–Crippen LogP) is 2.52. The molecule has 0 atom stereocenters. The van der Waals surface area contributed by atoms with E-state index in [4.69, 9.17) is 16.0 Å². The molecule has 0 aliphatic carbocycles. The van der Waals surface area contributed by atoms with Crippen molar-refractivity contribution >= 4 is 34.4 Å². The van der Waals surface area contributed by atoms with Crippen LogP contribution in [0.5, 0.6) is 0 Å². The van der Waals surface area contributed by atoms with E-state index in [1.54, 1.807) is 36.4 Å². The van der Waals surface area contributed by atoms with Gasteiger partial charge in [0.1, 0.15) is 5.58 Å². The molecular formula is C17H11ClN2O4. The molecule has 1 heterocycles. The van der Waals surface area contributed by atoms with Crippen LogP contribution in [-0.2, 0) is 0 Å². The third kappa shape index (κ3) is 3.28. The largest absolute Gasteiger partial charge is 0.451 e. The van der Waals surface area contributed by atoms with E-state index in [0.717, 1.165) is 6.07 Å². The number of carbonyl (C=O) groups excluding carboxylic acids is 2. The first-order valence-electron chi connectivity index (χ1n) is 6.94. The predicted molar refractivity (Wildman–Crippen MR) is 88.9 cm³/mol. The minimum atomic E-state index is -0.736. The Morgan fingerprint density at radius 2 is 1.58 bits per heavy atom. The first kappa shape index (κ1) is 15.8. The summed E-state index contributed by atoms with van der Waals surface area (Å²) in [5, 5.41) is 0.868. The minimum Gasteiger partial charge on any atom is -0.451 e. The summed E-state index contributed by atoms with van der Waals surface area (Å²) in [5.74, 6) is -1.46. The Hall–Kier alpha value is -3.12. The van der Waals surface area contributed by atoms with Crippen LogP contribution in [0.4, 0.5) is 0 Å². The van der Waals surface area contributed by atoms with Crippen LogP contribution in [0.25, 0.3) is 11.0 Å². The zero-order valence-corrected chi connectivity index (χ0v) is 13.0. The molecule has 0 spiro atoms. The van der Waals surface area contributed by atoms with E-state index in [9.17, 15) is 14.4 Å². The van der Waals surface area contributed by atoms with Crippen molar-refractivity contribution in [1.29, 1.82) is 0 Å². The van der Waals surface area contributed by atoms with Crippen molar-refractivity contribution in [3.63, 3.8) is 0 Å². The molecule has 0 bridgehead atoms. The number of benzene rings is 2. The molecule has 7 heteroatoms. The lowest BCUT2D eigenvalue weighted by Gasteiger charge is -2.07. The molecule has 120 valence electrons. The Balaban J connectivity index is 1.74. The highest BCUT2D eigenvalue weighted by Gasteiger charge is 2.13. The minimum absolute atomic E-state index is 0.199. The third-order valence-corrected chi connectivity index (χ3v) is 3.51. The summed E-state index contributed by atoms with van der Waals surface area (Å²) in [4.78, 5) is 35.9. The Bertz CT molecular complexity index is 980. The molecule has 2 N–H and O–H groups in total. The van der Waals surface area contributed by atoms with Crippen LogP contribution < -0.4 is 16.3 Å².